The summed E-state index contributed by atoms with van der Waals surface area (Å²) in [5, 5.41) is 8.07. The van der Waals surface area contributed by atoms with Crippen LogP contribution in [0.2, 0.25) is 0 Å². The van der Waals surface area contributed by atoms with Gasteiger partial charge in [-0.2, -0.15) is 0 Å². The molecule has 7 nitrogen and oxygen atoms in total. The van der Waals surface area contributed by atoms with Gasteiger partial charge in [0.15, 0.2) is 11.9 Å². The highest BCUT2D eigenvalue weighted by Gasteiger charge is 2.31. The van der Waals surface area contributed by atoms with Gasteiger partial charge in [-0.05, 0) is 26.0 Å². The first-order valence-corrected chi connectivity index (χ1v) is 8.18. The molecule has 2 atom stereocenters. The van der Waals surface area contributed by atoms with Crippen LogP contribution in [0.15, 0.2) is 36.7 Å². The van der Waals surface area contributed by atoms with E-state index in [1.165, 1.54) is 0 Å². The van der Waals surface area contributed by atoms with Gasteiger partial charge in [-0.1, -0.05) is 18.2 Å². The van der Waals surface area contributed by atoms with E-state index in [9.17, 15) is 4.79 Å². The quantitative estimate of drug-likeness (QED) is 0.834. The van der Waals surface area contributed by atoms with E-state index in [1.807, 2.05) is 41.8 Å². The van der Waals surface area contributed by atoms with Crippen molar-refractivity contribution in [2.24, 2.45) is 0 Å². The molecule has 1 fully saturated rings. The normalized spacial score (nSPS) is 19.1. The maximum absolute atomic E-state index is 12.7. The number of rotatable bonds is 5. The lowest BCUT2D eigenvalue weighted by atomic mass is 10.2. The fraction of sp³-hybridized carbons (Fsp3) is 0.471. The number of aromatic nitrogens is 3. The third-order valence-electron chi connectivity index (χ3n) is 4.06. The summed E-state index contributed by atoms with van der Waals surface area (Å²) in [6, 6.07) is 9.37. The lowest BCUT2D eigenvalue weighted by molar-refractivity contribution is -0.146. The Morgan fingerprint density at radius 1 is 1.42 bits per heavy atom. The van der Waals surface area contributed by atoms with Crippen LogP contribution >= 0.6 is 0 Å². The number of hydrogen-bond donors (Lipinski definition) is 0. The smallest absolute Gasteiger partial charge is 0.263 e. The number of nitrogens with zero attached hydrogens (tertiary/aromatic N) is 4. The molecule has 128 valence electrons. The van der Waals surface area contributed by atoms with Gasteiger partial charge in [-0.3, -0.25) is 4.79 Å². The second kappa shape index (κ2) is 7.44. The molecular weight excluding hydrogens is 308 g/mol. The monoisotopic (exact) mass is 330 g/mol. The van der Waals surface area contributed by atoms with Gasteiger partial charge in [0, 0.05) is 13.1 Å². The standard InChI is InChI=1S/C17H22N4O3/c1-3-20-12-18-19-16(20)15-11-21(9-10-23-15)17(22)13(2)24-14-7-5-4-6-8-14/h4-8,12-13,15H,3,9-11H2,1-2H3/t13-,15+/m1/s1. The van der Waals surface area contributed by atoms with E-state index in [2.05, 4.69) is 10.2 Å². The number of ether oxygens (including phenoxy) is 2. The molecule has 1 aromatic heterocycles. The van der Waals surface area contributed by atoms with Crippen LogP contribution in [0.25, 0.3) is 0 Å². The van der Waals surface area contributed by atoms with E-state index >= 15 is 0 Å². The molecule has 1 saturated heterocycles. The van der Waals surface area contributed by atoms with E-state index in [-0.39, 0.29) is 12.0 Å². The molecule has 1 aliphatic rings. The van der Waals surface area contributed by atoms with Gasteiger partial charge in [0.25, 0.3) is 5.91 Å². The largest absolute Gasteiger partial charge is 0.481 e. The minimum absolute atomic E-state index is 0.0466. The van der Waals surface area contributed by atoms with Crippen molar-refractivity contribution < 1.29 is 14.3 Å². The molecule has 0 aliphatic carbocycles. The Labute approximate surface area is 141 Å². The molecule has 2 aromatic rings. The van der Waals surface area contributed by atoms with Gasteiger partial charge in [0.2, 0.25) is 0 Å². The highest BCUT2D eigenvalue weighted by Crippen LogP contribution is 2.21. The van der Waals surface area contributed by atoms with Gasteiger partial charge >= 0.3 is 0 Å². The maximum atomic E-state index is 12.7. The predicted octanol–water partition coefficient (Wildman–Crippen LogP) is 1.67. The highest BCUT2D eigenvalue weighted by molar-refractivity contribution is 5.81. The second-order valence-corrected chi connectivity index (χ2v) is 5.69. The van der Waals surface area contributed by atoms with Crippen LogP contribution in [0.3, 0.4) is 0 Å². The number of carbonyl (C=O) groups is 1. The second-order valence-electron chi connectivity index (χ2n) is 5.69. The van der Waals surface area contributed by atoms with Crippen LogP contribution < -0.4 is 4.74 Å². The summed E-state index contributed by atoms with van der Waals surface area (Å²) in [4.78, 5) is 14.4. The molecule has 0 unspecified atom stereocenters. The molecule has 0 spiro atoms. The lowest BCUT2D eigenvalue weighted by Crippen LogP contribution is -2.47. The summed E-state index contributed by atoms with van der Waals surface area (Å²) in [6.45, 7) is 6.05. The molecule has 1 amide bonds. The third-order valence-corrected chi connectivity index (χ3v) is 4.06. The minimum atomic E-state index is -0.546. The summed E-state index contributed by atoms with van der Waals surface area (Å²) in [6.07, 6.45) is 0.880. The van der Waals surface area contributed by atoms with Crippen molar-refractivity contribution in [2.45, 2.75) is 32.6 Å². The van der Waals surface area contributed by atoms with Crippen LogP contribution in [-0.4, -0.2) is 51.4 Å². The fourth-order valence-corrected chi connectivity index (χ4v) is 2.77. The molecule has 1 aromatic carbocycles. The van der Waals surface area contributed by atoms with E-state index in [4.69, 9.17) is 9.47 Å². The number of hydrogen-bond acceptors (Lipinski definition) is 5. The first kappa shape index (κ1) is 16.4. The van der Waals surface area contributed by atoms with Gasteiger partial charge in [0.1, 0.15) is 18.2 Å². The van der Waals surface area contributed by atoms with Gasteiger partial charge < -0.3 is 18.9 Å². The Hall–Kier alpha value is -2.41. The zero-order chi connectivity index (χ0) is 16.9. The van der Waals surface area contributed by atoms with Crippen molar-refractivity contribution in [3.05, 3.63) is 42.5 Å². The molecule has 24 heavy (non-hydrogen) atoms. The molecule has 0 saturated carbocycles. The first-order chi connectivity index (χ1) is 11.7. The molecular formula is C17H22N4O3. The van der Waals surface area contributed by atoms with Crippen molar-refractivity contribution in [3.63, 3.8) is 0 Å². The zero-order valence-corrected chi connectivity index (χ0v) is 14.0. The lowest BCUT2D eigenvalue weighted by Gasteiger charge is -2.34. The van der Waals surface area contributed by atoms with Crippen molar-refractivity contribution in [1.82, 2.24) is 19.7 Å². The van der Waals surface area contributed by atoms with Crippen molar-refractivity contribution >= 4 is 5.91 Å². The Balaban J connectivity index is 1.64. The summed E-state index contributed by atoms with van der Waals surface area (Å²) < 4.78 is 13.5. The predicted molar refractivity (Wildman–Crippen MR) is 87.5 cm³/mol. The van der Waals surface area contributed by atoms with E-state index in [0.717, 1.165) is 12.4 Å². The van der Waals surface area contributed by atoms with E-state index < -0.39 is 6.10 Å². The maximum Gasteiger partial charge on any atom is 0.263 e. The molecule has 7 heteroatoms. The van der Waals surface area contributed by atoms with Crippen molar-refractivity contribution in [1.29, 1.82) is 0 Å². The zero-order valence-electron chi connectivity index (χ0n) is 14.0. The Kier molecular flexibility index (Phi) is 5.10. The van der Waals surface area contributed by atoms with E-state index in [1.54, 1.807) is 18.2 Å². The average molecular weight is 330 g/mol. The first-order valence-electron chi connectivity index (χ1n) is 8.18. The Bertz CT molecular complexity index is 673. The Morgan fingerprint density at radius 2 is 2.21 bits per heavy atom. The van der Waals surface area contributed by atoms with Crippen LogP contribution in [0.1, 0.15) is 25.8 Å². The van der Waals surface area contributed by atoms with Crippen LogP contribution in [0.4, 0.5) is 0 Å². The van der Waals surface area contributed by atoms with Crippen molar-refractivity contribution in [3.8, 4) is 5.75 Å². The fourth-order valence-electron chi connectivity index (χ4n) is 2.77. The summed E-state index contributed by atoms with van der Waals surface area (Å²) in [7, 11) is 0. The number of carbonyl (C=O) groups excluding carboxylic acids is 1. The van der Waals surface area contributed by atoms with Crippen molar-refractivity contribution in [2.75, 3.05) is 19.7 Å². The molecule has 2 heterocycles. The van der Waals surface area contributed by atoms with Gasteiger partial charge in [0.05, 0.1) is 13.2 Å². The molecule has 0 radical (unpaired) electrons. The van der Waals surface area contributed by atoms with Crippen LogP contribution in [-0.2, 0) is 16.1 Å². The van der Waals surface area contributed by atoms with Crippen LogP contribution in [0, 0.1) is 0 Å². The topological polar surface area (TPSA) is 69.5 Å². The highest BCUT2D eigenvalue weighted by atomic mass is 16.5. The number of morpholine rings is 1. The molecule has 0 bridgehead atoms. The summed E-state index contributed by atoms with van der Waals surface area (Å²) in [5.74, 6) is 1.40. The minimum Gasteiger partial charge on any atom is -0.481 e. The van der Waals surface area contributed by atoms with Crippen LogP contribution in [0.5, 0.6) is 5.75 Å². The summed E-state index contributed by atoms with van der Waals surface area (Å²) in [5.41, 5.74) is 0. The number of amides is 1. The van der Waals surface area contributed by atoms with Gasteiger partial charge in [-0.25, -0.2) is 0 Å². The SMILES string of the molecule is CCn1cnnc1[C@@H]1CN(C(=O)[C@@H](C)Oc2ccccc2)CCO1. The van der Waals surface area contributed by atoms with E-state index in [0.29, 0.717) is 25.4 Å². The third kappa shape index (κ3) is 3.56. The average Bonchev–Trinajstić information content (AvgIpc) is 3.11. The summed E-state index contributed by atoms with van der Waals surface area (Å²) >= 11 is 0. The number of aryl methyl sites for hydroxylation is 1. The molecule has 1 aliphatic heterocycles. The number of para-hydroxylation sites is 1. The number of benzene rings is 1. The molecule has 3 rings (SSSR count). The Morgan fingerprint density at radius 3 is 2.96 bits per heavy atom. The van der Waals surface area contributed by atoms with Gasteiger partial charge in [-0.15, -0.1) is 10.2 Å². The molecule has 0 N–H and O–H groups in total.